The molecule has 116 valence electrons. The molecule has 1 aliphatic heterocycles. The van der Waals surface area contributed by atoms with E-state index in [0.717, 1.165) is 19.3 Å². The third-order valence-corrected chi connectivity index (χ3v) is 7.87. The zero-order valence-electron chi connectivity index (χ0n) is 12.1. The van der Waals surface area contributed by atoms with E-state index < -0.39 is 26.0 Å². The van der Waals surface area contributed by atoms with E-state index in [1.165, 1.54) is 0 Å². The van der Waals surface area contributed by atoms with Gasteiger partial charge in [-0.3, -0.25) is 4.79 Å². The highest BCUT2D eigenvalue weighted by Crippen LogP contribution is 2.41. The Bertz CT molecular complexity index is 456. The number of carboxylic acid groups (broad SMARTS) is 1. The maximum Gasteiger partial charge on any atom is 0.310 e. The van der Waals surface area contributed by atoms with Crippen molar-refractivity contribution in [2.24, 2.45) is 5.41 Å². The molecule has 1 saturated carbocycles. The zero-order valence-corrected chi connectivity index (χ0v) is 12.9. The fourth-order valence-corrected chi connectivity index (χ4v) is 5.58. The SMILES string of the molecule is CC1(S(=O)(=O)CC2(C(=O)O)CCCCC2)CCOCC1. The van der Waals surface area contributed by atoms with Crippen LogP contribution in [-0.2, 0) is 19.4 Å². The molecule has 0 amide bonds. The minimum Gasteiger partial charge on any atom is -0.481 e. The molecule has 0 spiro atoms. The van der Waals surface area contributed by atoms with Gasteiger partial charge in [-0.2, -0.15) is 0 Å². The molecule has 1 N–H and O–H groups in total. The molecule has 1 aliphatic carbocycles. The second-order valence-electron chi connectivity index (χ2n) is 6.47. The summed E-state index contributed by atoms with van der Waals surface area (Å²) in [4.78, 5) is 11.7. The third kappa shape index (κ3) is 2.86. The van der Waals surface area contributed by atoms with Crippen LogP contribution in [0.1, 0.15) is 51.9 Å². The molecule has 0 aromatic heterocycles. The van der Waals surface area contributed by atoms with Crippen molar-refractivity contribution < 1.29 is 23.1 Å². The summed E-state index contributed by atoms with van der Waals surface area (Å²) >= 11 is 0. The molecule has 2 rings (SSSR count). The van der Waals surface area contributed by atoms with Crippen molar-refractivity contribution >= 4 is 15.8 Å². The van der Waals surface area contributed by atoms with Crippen LogP contribution in [0.3, 0.4) is 0 Å². The van der Waals surface area contributed by atoms with Gasteiger partial charge in [0.1, 0.15) is 0 Å². The van der Waals surface area contributed by atoms with Crippen molar-refractivity contribution in [1.82, 2.24) is 0 Å². The van der Waals surface area contributed by atoms with Gasteiger partial charge in [0.15, 0.2) is 9.84 Å². The Morgan fingerprint density at radius 2 is 1.65 bits per heavy atom. The largest absolute Gasteiger partial charge is 0.481 e. The molecule has 0 atom stereocenters. The van der Waals surface area contributed by atoms with E-state index in [4.69, 9.17) is 4.74 Å². The van der Waals surface area contributed by atoms with E-state index in [2.05, 4.69) is 0 Å². The van der Waals surface area contributed by atoms with Gasteiger partial charge < -0.3 is 9.84 Å². The molecule has 20 heavy (non-hydrogen) atoms. The molecule has 0 aromatic rings. The monoisotopic (exact) mass is 304 g/mol. The Labute approximate surface area is 120 Å². The van der Waals surface area contributed by atoms with Gasteiger partial charge in [0, 0.05) is 13.2 Å². The van der Waals surface area contributed by atoms with Crippen LogP contribution in [-0.4, -0.2) is 43.2 Å². The Morgan fingerprint density at radius 1 is 1.10 bits per heavy atom. The first kappa shape index (κ1) is 15.8. The zero-order chi connectivity index (χ0) is 14.9. The number of hydrogen-bond acceptors (Lipinski definition) is 4. The first-order valence-electron chi connectivity index (χ1n) is 7.35. The van der Waals surface area contributed by atoms with Crippen LogP contribution in [0.2, 0.25) is 0 Å². The predicted octanol–water partition coefficient (Wildman–Crippen LogP) is 2.01. The van der Waals surface area contributed by atoms with Crippen LogP contribution in [0.5, 0.6) is 0 Å². The van der Waals surface area contributed by atoms with Gasteiger partial charge in [-0.1, -0.05) is 19.3 Å². The maximum absolute atomic E-state index is 12.8. The Balaban J connectivity index is 2.23. The topological polar surface area (TPSA) is 80.7 Å². The molecular weight excluding hydrogens is 280 g/mol. The van der Waals surface area contributed by atoms with E-state index in [9.17, 15) is 18.3 Å². The molecule has 6 heteroatoms. The quantitative estimate of drug-likeness (QED) is 0.859. The van der Waals surface area contributed by atoms with Crippen molar-refractivity contribution in [3.63, 3.8) is 0 Å². The fraction of sp³-hybridized carbons (Fsp3) is 0.929. The van der Waals surface area contributed by atoms with E-state index in [-0.39, 0.29) is 5.75 Å². The van der Waals surface area contributed by atoms with E-state index in [1.807, 2.05) is 0 Å². The highest BCUT2D eigenvalue weighted by Gasteiger charge is 2.49. The number of ether oxygens (including phenoxy) is 1. The number of hydrogen-bond donors (Lipinski definition) is 1. The van der Waals surface area contributed by atoms with E-state index in [0.29, 0.717) is 38.9 Å². The predicted molar refractivity (Wildman–Crippen MR) is 75.4 cm³/mol. The van der Waals surface area contributed by atoms with Crippen molar-refractivity contribution in [3.8, 4) is 0 Å². The van der Waals surface area contributed by atoms with Crippen molar-refractivity contribution in [2.45, 2.75) is 56.6 Å². The number of sulfone groups is 1. The average molecular weight is 304 g/mol. The van der Waals surface area contributed by atoms with Gasteiger partial charge >= 0.3 is 5.97 Å². The first-order chi connectivity index (χ1) is 9.31. The van der Waals surface area contributed by atoms with Crippen molar-refractivity contribution in [2.75, 3.05) is 19.0 Å². The number of carbonyl (C=O) groups is 1. The molecule has 0 unspecified atom stereocenters. The molecular formula is C14H24O5S. The summed E-state index contributed by atoms with van der Waals surface area (Å²) < 4.78 is 29.9. The summed E-state index contributed by atoms with van der Waals surface area (Å²) in [6.45, 7) is 2.62. The van der Waals surface area contributed by atoms with E-state index >= 15 is 0 Å². The lowest BCUT2D eigenvalue weighted by atomic mass is 9.76. The van der Waals surface area contributed by atoms with Crippen LogP contribution in [0, 0.1) is 5.41 Å². The number of aliphatic carboxylic acids is 1. The van der Waals surface area contributed by atoms with Gasteiger partial charge in [-0.25, -0.2) is 8.42 Å². The van der Waals surface area contributed by atoms with Gasteiger partial charge in [-0.15, -0.1) is 0 Å². The Morgan fingerprint density at radius 3 is 2.15 bits per heavy atom. The smallest absolute Gasteiger partial charge is 0.310 e. The second kappa shape index (κ2) is 5.64. The lowest BCUT2D eigenvalue weighted by Gasteiger charge is -2.38. The van der Waals surface area contributed by atoms with Gasteiger partial charge in [0.05, 0.1) is 15.9 Å². The third-order valence-electron chi connectivity index (χ3n) is 5.03. The van der Waals surface area contributed by atoms with Crippen LogP contribution in [0.4, 0.5) is 0 Å². The van der Waals surface area contributed by atoms with Gasteiger partial charge in [-0.05, 0) is 32.6 Å². The normalized spacial score (nSPS) is 26.1. The molecule has 1 heterocycles. The summed E-state index contributed by atoms with van der Waals surface area (Å²) in [5.41, 5.74) is -1.07. The summed E-state index contributed by atoms with van der Waals surface area (Å²) in [5, 5.41) is 9.55. The summed E-state index contributed by atoms with van der Waals surface area (Å²) in [7, 11) is -3.45. The first-order valence-corrected chi connectivity index (χ1v) is 9.00. The average Bonchev–Trinajstić information content (AvgIpc) is 2.40. The van der Waals surface area contributed by atoms with Gasteiger partial charge in [0.25, 0.3) is 0 Å². The van der Waals surface area contributed by atoms with Crippen LogP contribution >= 0.6 is 0 Å². The lowest BCUT2D eigenvalue weighted by Crippen LogP contribution is -2.48. The van der Waals surface area contributed by atoms with Crippen LogP contribution in [0.15, 0.2) is 0 Å². The Kier molecular flexibility index (Phi) is 4.44. The van der Waals surface area contributed by atoms with Gasteiger partial charge in [0.2, 0.25) is 0 Å². The molecule has 0 radical (unpaired) electrons. The fourth-order valence-electron chi connectivity index (χ4n) is 3.30. The minimum atomic E-state index is -3.45. The molecule has 0 bridgehead atoms. The number of carboxylic acids is 1. The Hall–Kier alpha value is -0.620. The molecule has 5 nitrogen and oxygen atoms in total. The second-order valence-corrected chi connectivity index (χ2v) is 8.97. The van der Waals surface area contributed by atoms with E-state index in [1.54, 1.807) is 6.92 Å². The molecule has 2 aliphatic rings. The highest BCUT2D eigenvalue weighted by molar-refractivity contribution is 7.92. The molecule has 1 saturated heterocycles. The lowest BCUT2D eigenvalue weighted by molar-refractivity contribution is -0.149. The van der Waals surface area contributed by atoms with Crippen molar-refractivity contribution in [1.29, 1.82) is 0 Å². The standard InChI is InChI=1S/C14H24O5S/c1-13(7-9-19-10-8-13)20(17,18)11-14(12(15)16)5-3-2-4-6-14/h2-11H2,1H3,(H,15,16). The summed E-state index contributed by atoms with van der Waals surface area (Å²) in [5.74, 6) is -1.16. The number of rotatable bonds is 4. The molecule has 0 aromatic carbocycles. The van der Waals surface area contributed by atoms with Crippen LogP contribution < -0.4 is 0 Å². The van der Waals surface area contributed by atoms with Crippen LogP contribution in [0.25, 0.3) is 0 Å². The summed E-state index contributed by atoms with van der Waals surface area (Å²) in [6, 6.07) is 0. The minimum absolute atomic E-state index is 0.216. The van der Waals surface area contributed by atoms with Crippen molar-refractivity contribution in [3.05, 3.63) is 0 Å². The molecule has 2 fully saturated rings. The summed E-state index contributed by atoms with van der Waals surface area (Å²) in [6.07, 6.45) is 4.50. The highest BCUT2D eigenvalue weighted by atomic mass is 32.2. The maximum atomic E-state index is 12.8.